The lowest BCUT2D eigenvalue weighted by Crippen LogP contribution is -1.98. The molecule has 0 aliphatic carbocycles. The first-order valence-electron chi connectivity index (χ1n) is 7.55. The van der Waals surface area contributed by atoms with Crippen LogP contribution in [0.3, 0.4) is 0 Å². The lowest BCUT2D eigenvalue weighted by Gasteiger charge is -2.10. The van der Waals surface area contributed by atoms with Crippen molar-refractivity contribution in [3.63, 3.8) is 0 Å². The Labute approximate surface area is 151 Å². The smallest absolute Gasteiger partial charge is 0.138 e. The number of halogens is 2. The number of ether oxygens (including phenoxy) is 2. The first kappa shape index (κ1) is 16.7. The number of hydrogen-bond donors (Lipinski definition) is 0. The van der Waals surface area contributed by atoms with Crippen molar-refractivity contribution in [1.29, 1.82) is 0 Å². The Morgan fingerprint density at radius 2 is 0.917 bits per heavy atom. The van der Waals surface area contributed by atoms with E-state index in [-0.39, 0.29) is 0 Å². The van der Waals surface area contributed by atoms with Crippen molar-refractivity contribution in [3.8, 4) is 11.5 Å². The molecule has 0 aliphatic heterocycles. The molecule has 0 aliphatic rings. The Morgan fingerprint density at radius 1 is 0.542 bits per heavy atom. The van der Waals surface area contributed by atoms with E-state index in [4.69, 9.17) is 32.7 Å². The Balaban J connectivity index is 1.55. The van der Waals surface area contributed by atoms with Gasteiger partial charge in [-0.25, -0.2) is 0 Å². The van der Waals surface area contributed by atoms with Gasteiger partial charge in [-0.3, -0.25) is 0 Å². The van der Waals surface area contributed by atoms with Gasteiger partial charge in [0, 0.05) is 0 Å². The van der Waals surface area contributed by atoms with Crippen molar-refractivity contribution in [2.24, 2.45) is 0 Å². The fraction of sp³-hybridized carbons (Fsp3) is 0.100. The predicted molar refractivity (Wildman–Crippen MR) is 98.0 cm³/mol. The Morgan fingerprint density at radius 3 is 1.29 bits per heavy atom. The molecule has 0 amide bonds. The molecule has 0 atom stereocenters. The van der Waals surface area contributed by atoms with Crippen LogP contribution in [0.25, 0.3) is 0 Å². The fourth-order valence-corrected chi connectivity index (χ4v) is 2.56. The molecule has 0 heterocycles. The van der Waals surface area contributed by atoms with Crippen LogP contribution in [0.2, 0.25) is 10.0 Å². The topological polar surface area (TPSA) is 18.5 Å². The first-order chi connectivity index (χ1) is 11.7. The maximum Gasteiger partial charge on any atom is 0.138 e. The molecular weight excluding hydrogens is 343 g/mol. The lowest BCUT2D eigenvalue weighted by molar-refractivity contribution is 0.303. The molecule has 0 unspecified atom stereocenters. The zero-order valence-electron chi connectivity index (χ0n) is 12.9. The van der Waals surface area contributed by atoms with Crippen LogP contribution in [-0.4, -0.2) is 0 Å². The number of hydrogen-bond acceptors (Lipinski definition) is 2. The second kappa shape index (κ2) is 8.09. The third-order valence-corrected chi connectivity index (χ3v) is 4.11. The van der Waals surface area contributed by atoms with Gasteiger partial charge in [-0.15, -0.1) is 0 Å². The van der Waals surface area contributed by atoms with E-state index in [1.54, 1.807) is 0 Å². The summed E-state index contributed by atoms with van der Waals surface area (Å²) in [6.07, 6.45) is 0. The summed E-state index contributed by atoms with van der Waals surface area (Å²) in [6.45, 7) is 0.935. The summed E-state index contributed by atoms with van der Waals surface area (Å²) in [5.41, 5.74) is 2.13. The van der Waals surface area contributed by atoms with Gasteiger partial charge in [-0.05, 0) is 35.4 Å². The van der Waals surface area contributed by atoms with Crippen molar-refractivity contribution in [1.82, 2.24) is 0 Å². The van der Waals surface area contributed by atoms with Crippen LogP contribution in [0.5, 0.6) is 11.5 Å². The summed E-state index contributed by atoms with van der Waals surface area (Å²) in [5, 5.41) is 1.23. The van der Waals surface area contributed by atoms with E-state index in [1.807, 2.05) is 72.8 Å². The molecule has 0 saturated heterocycles. The van der Waals surface area contributed by atoms with Crippen molar-refractivity contribution < 1.29 is 9.47 Å². The van der Waals surface area contributed by atoms with Crippen LogP contribution in [-0.2, 0) is 13.2 Å². The SMILES string of the molecule is Clc1ccccc1OCc1ccc(COc2ccccc2Cl)cc1. The predicted octanol–water partition coefficient (Wildman–Crippen LogP) is 6.15. The van der Waals surface area contributed by atoms with E-state index in [2.05, 4.69) is 0 Å². The lowest BCUT2D eigenvalue weighted by atomic mass is 10.1. The molecule has 0 spiro atoms. The van der Waals surface area contributed by atoms with E-state index in [0.29, 0.717) is 34.8 Å². The normalized spacial score (nSPS) is 10.4. The number of benzene rings is 3. The van der Waals surface area contributed by atoms with Crippen molar-refractivity contribution in [2.45, 2.75) is 13.2 Å². The third-order valence-electron chi connectivity index (χ3n) is 3.48. The molecule has 0 radical (unpaired) electrons. The average molecular weight is 359 g/mol. The van der Waals surface area contributed by atoms with E-state index < -0.39 is 0 Å². The minimum Gasteiger partial charge on any atom is -0.487 e. The van der Waals surface area contributed by atoms with Gasteiger partial charge >= 0.3 is 0 Å². The van der Waals surface area contributed by atoms with Gasteiger partial charge in [-0.2, -0.15) is 0 Å². The molecule has 122 valence electrons. The minimum atomic E-state index is 0.468. The quantitative estimate of drug-likeness (QED) is 0.525. The first-order valence-corrected chi connectivity index (χ1v) is 8.30. The highest BCUT2D eigenvalue weighted by molar-refractivity contribution is 6.32. The van der Waals surface area contributed by atoms with E-state index in [9.17, 15) is 0 Å². The average Bonchev–Trinajstić information content (AvgIpc) is 2.61. The summed E-state index contributed by atoms with van der Waals surface area (Å²) in [6, 6.07) is 23.0. The molecule has 0 fully saturated rings. The van der Waals surface area contributed by atoms with Crippen molar-refractivity contribution in [2.75, 3.05) is 0 Å². The standard InChI is InChI=1S/C20H16Cl2O2/c21-17-5-1-3-7-19(17)23-13-15-9-11-16(12-10-15)14-24-20-8-4-2-6-18(20)22/h1-12H,13-14H2. The Hall–Kier alpha value is -2.16. The molecule has 3 aromatic carbocycles. The fourth-order valence-electron chi connectivity index (χ4n) is 2.18. The maximum atomic E-state index is 6.08. The highest BCUT2D eigenvalue weighted by Gasteiger charge is 2.03. The molecule has 3 rings (SSSR count). The molecule has 0 N–H and O–H groups in total. The highest BCUT2D eigenvalue weighted by atomic mass is 35.5. The Kier molecular flexibility index (Phi) is 5.63. The van der Waals surface area contributed by atoms with Crippen LogP contribution in [0.1, 0.15) is 11.1 Å². The summed E-state index contributed by atoms with van der Waals surface area (Å²) in [7, 11) is 0. The van der Waals surface area contributed by atoms with Crippen LogP contribution in [0, 0.1) is 0 Å². The molecule has 0 bridgehead atoms. The van der Waals surface area contributed by atoms with Gasteiger partial charge in [-0.1, -0.05) is 71.7 Å². The largest absolute Gasteiger partial charge is 0.487 e. The summed E-state index contributed by atoms with van der Waals surface area (Å²) < 4.78 is 11.5. The van der Waals surface area contributed by atoms with Crippen LogP contribution < -0.4 is 9.47 Å². The molecule has 24 heavy (non-hydrogen) atoms. The monoisotopic (exact) mass is 358 g/mol. The van der Waals surface area contributed by atoms with Gasteiger partial charge in [0.05, 0.1) is 10.0 Å². The Bertz CT molecular complexity index is 732. The molecule has 0 saturated carbocycles. The second-order valence-electron chi connectivity index (χ2n) is 5.25. The molecule has 0 aromatic heterocycles. The number of rotatable bonds is 6. The molecule has 4 heteroatoms. The van der Waals surface area contributed by atoms with Gasteiger partial charge in [0.25, 0.3) is 0 Å². The number of para-hydroxylation sites is 2. The van der Waals surface area contributed by atoms with Crippen molar-refractivity contribution in [3.05, 3.63) is 94.0 Å². The van der Waals surface area contributed by atoms with E-state index in [0.717, 1.165) is 11.1 Å². The maximum absolute atomic E-state index is 6.08. The molecule has 2 nitrogen and oxygen atoms in total. The van der Waals surface area contributed by atoms with Crippen LogP contribution >= 0.6 is 23.2 Å². The minimum absolute atomic E-state index is 0.468. The van der Waals surface area contributed by atoms with E-state index in [1.165, 1.54) is 0 Å². The summed E-state index contributed by atoms with van der Waals surface area (Å²) in [5.74, 6) is 1.37. The van der Waals surface area contributed by atoms with Crippen molar-refractivity contribution >= 4 is 23.2 Å². The summed E-state index contributed by atoms with van der Waals surface area (Å²) >= 11 is 12.2. The zero-order chi connectivity index (χ0) is 16.8. The van der Waals surface area contributed by atoms with Gasteiger partial charge in [0.2, 0.25) is 0 Å². The van der Waals surface area contributed by atoms with Gasteiger partial charge < -0.3 is 9.47 Å². The highest BCUT2D eigenvalue weighted by Crippen LogP contribution is 2.25. The second-order valence-corrected chi connectivity index (χ2v) is 6.07. The molecular formula is C20H16Cl2O2. The van der Waals surface area contributed by atoms with E-state index >= 15 is 0 Å². The van der Waals surface area contributed by atoms with Crippen LogP contribution in [0.15, 0.2) is 72.8 Å². The summed E-state index contributed by atoms with van der Waals surface area (Å²) in [4.78, 5) is 0. The third kappa shape index (κ3) is 4.44. The van der Waals surface area contributed by atoms with Crippen LogP contribution in [0.4, 0.5) is 0 Å². The molecule has 3 aromatic rings. The zero-order valence-corrected chi connectivity index (χ0v) is 14.4. The van der Waals surface area contributed by atoms with Gasteiger partial charge in [0.15, 0.2) is 0 Å². The van der Waals surface area contributed by atoms with Gasteiger partial charge in [0.1, 0.15) is 24.7 Å².